The van der Waals surface area contributed by atoms with Crippen LogP contribution in [0.4, 0.5) is 0 Å². The van der Waals surface area contributed by atoms with Gasteiger partial charge in [-0.25, -0.2) is 0 Å². The van der Waals surface area contributed by atoms with Gasteiger partial charge in [-0.1, -0.05) is 51.5 Å². The summed E-state index contributed by atoms with van der Waals surface area (Å²) >= 11 is 3.48. The van der Waals surface area contributed by atoms with Gasteiger partial charge in [-0.2, -0.15) is 0 Å². The fourth-order valence-electron chi connectivity index (χ4n) is 2.37. The lowest BCUT2D eigenvalue weighted by Gasteiger charge is -2.12. The molecule has 1 N–H and O–H groups in total. The van der Waals surface area contributed by atoms with Gasteiger partial charge in [0.1, 0.15) is 5.75 Å². The molecule has 0 spiro atoms. The highest BCUT2D eigenvalue weighted by molar-refractivity contribution is 9.10. The van der Waals surface area contributed by atoms with Crippen molar-refractivity contribution in [3.8, 4) is 5.75 Å². The number of methoxy groups -OCH3 is 1. The van der Waals surface area contributed by atoms with Gasteiger partial charge in [0, 0.05) is 0 Å². The standard InChI is InChI=1S/C17H27BrO2/c1-3-4-5-6-7-8-9-15(19)12-14-10-11-17(20-2)16(18)13-14/h10-11,13,15,19H,3-9,12H2,1-2H3. The first kappa shape index (κ1) is 17.5. The average Bonchev–Trinajstić information content (AvgIpc) is 2.43. The maximum atomic E-state index is 10.1. The average molecular weight is 343 g/mol. The van der Waals surface area contributed by atoms with Crippen LogP contribution in [0.5, 0.6) is 5.75 Å². The molecular weight excluding hydrogens is 316 g/mol. The highest BCUT2D eigenvalue weighted by Crippen LogP contribution is 2.26. The van der Waals surface area contributed by atoms with Crippen LogP contribution in [0.15, 0.2) is 22.7 Å². The summed E-state index contributed by atoms with van der Waals surface area (Å²) in [4.78, 5) is 0. The van der Waals surface area contributed by atoms with Crippen LogP contribution in [0.25, 0.3) is 0 Å². The quantitative estimate of drug-likeness (QED) is 0.598. The fraction of sp³-hybridized carbons (Fsp3) is 0.647. The molecule has 1 atom stereocenters. The van der Waals surface area contributed by atoms with Gasteiger partial charge < -0.3 is 9.84 Å². The number of rotatable bonds is 10. The minimum Gasteiger partial charge on any atom is -0.496 e. The molecule has 20 heavy (non-hydrogen) atoms. The van der Waals surface area contributed by atoms with Crippen molar-refractivity contribution < 1.29 is 9.84 Å². The van der Waals surface area contributed by atoms with E-state index in [2.05, 4.69) is 22.9 Å². The van der Waals surface area contributed by atoms with Gasteiger partial charge in [0.25, 0.3) is 0 Å². The van der Waals surface area contributed by atoms with Gasteiger partial charge in [0.2, 0.25) is 0 Å². The Bertz CT molecular complexity index is 379. The number of aliphatic hydroxyl groups is 1. The smallest absolute Gasteiger partial charge is 0.133 e. The van der Waals surface area contributed by atoms with Gasteiger partial charge in [-0.15, -0.1) is 0 Å². The maximum Gasteiger partial charge on any atom is 0.133 e. The lowest BCUT2D eigenvalue weighted by Crippen LogP contribution is -2.10. The molecule has 0 aliphatic rings. The molecule has 0 amide bonds. The number of unbranched alkanes of at least 4 members (excludes halogenated alkanes) is 5. The SMILES string of the molecule is CCCCCCCCC(O)Cc1ccc(OC)c(Br)c1. The van der Waals surface area contributed by atoms with Crippen LogP contribution in [0, 0.1) is 0 Å². The molecular formula is C17H27BrO2. The molecule has 3 heteroatoms. The van der Waals surface area contributed by atoms with E-state index >= 15 is 0 Å². The van der Waals surface area contributed by atoms with Crippen LogP contribution >= 0.6 is 15.9 Å². The molecule has 114 valence electrons. The van der Waals surface area contributed by atoms with E-state index < -0.39 is 0 Å². The molecule has 0 aromatic heterocycles. The second-order valence-corrected chi connectivity index (χ2v) is 6.24. The first-order valence-electron chi connectivity index (χ1n) is 7.67. The molecule has 0 bridgehead atoms. The van der Waals surface area contributed by atoms with Crippen molar-refractivity contribution in [3.05, 3.63) is 28.2 Å². The monoisotopic (exact) mass is 342 g/mol. The zero-order valence-electron chi connectivity index (χ0n) is 12.7. The summed E-state index contributed by atoms with van der Waals surface area (Å²) in [5, 5.41) is 10.1. The van der Waals surface area contributed by atoms with Crippen LogP contribution < -0.4 is 4.74 Å². The van der Waals surface area contributed by atoms with Crippen molar-refractivity contribution in [1.29, 1.82) is 0 Å². The molecule has 1 unspecified atom stereocenters. The van der Waals surface area contributed by atoms with Crippen LogP contribution in [0.3, 0.4) is 0 Å². The Kier molecular flexibility index (Phi) is 8.95. The minimum atomic E-state index is -0.235. The first-order chi connectivity index (χ1) is 9.67. The predicted octanol–water partition coefficient (Wildman–Crippen LogP) is 5.11. The molecule has 2 nitrogen and oxygen atoms in total. The summed E-state index contributed by atoms with van der Waals surface area (Å²) in [7, 11) is 1.66. The second kappa shape index (κ2) is 10.2. The third-order valence-corrected chi connectivity index (χ3v) is 4.20. The Balaban J connectivity index is 2.24. The number of ether oxygens (including phenoxy) is 1. The molecule has 0 fully saturated rings. The Labute approximate surface area is 131 Å². The third kappa shape index (κ3) is 6.76. The molecule has 0 saturated carbocycles. The number of hydrogen-bond donors (Lipinski definition) is 1. The molecule has 0 aliphatic heterocycles. The molecule has 1 aromatic carbocycles. The van der Waals surface area contributed by atoms with E-state index in [0.717, 1.165) is 35.0 Å². The van der Waals surface area contributed by atoms with Gasteiger partial charge in [0.15, 0.2) is 0 Å². The molecule has 0 radical (unpaired) electrons. The van der Waals surface area contributed by atoms with E-state index in [1.165, 1.54) is 32.1 Å². The van der Waals surface area contributed by atoms with Crippen LogP contribution in [0.2, 0.25) is 0 Å². The highest BCUT2D eigenvalue weighted by Gasteiger charge is 2.07. The van der Waals surface area contributed by atoms with E-state index in [4.69, 9.17) is 4.74 Å². The number of halogens is 1. The number of benzene rings is 1. The van der Waals surface area contributed by atoms with Crippen molar-refractivity contribution in [3.63, 3.8) is 0 Å². The van der Waals surface area contributed by atoms with Crippen LogP contribution in [-0.4, -0.2) is 18.3 Å². The minimum absolute atomic E-state index is 0.235. The van der Waals surface area contributed by atoms with Crippen molar-refractivity contribution in [2.75, 3.05) is 7.11 Å². The van der Waals surface area contributed by atoms with Crippen LogP contribution in [0.1, 0.15) is 57.4 Å². The van der Waals surface area contributed by atoms with Gasteiger partial charge in [-0.05, 0) is 46.5 Å². The van der Waals surface area contributed by atoms with Gasteiger partial charge in [0.05, 0.1) is 17.7 Å². The van der Waals surface area contributed by atoms with Crippen LogP contribution in [-0.2, 0) is 6.42 Å². The number of hydrogen-bond acceptors (Lipinski definition) is 2. The Hall–Kier alpha value is -0.540. The summed E-state index contributed by atoms with van der Waals surface area (Å²) in [6.07, 6.45) is 9.00. The van der Waals surface area contributed by atoms with Crippen molar-refractivity contribution in [1.82, 2.24) is 0 Å². The highest BCUT2D eigenvalue weighted by atomic mass is 79.9. The fourth-order valence-corrected chi connectivity index (χ4v) is 2.96. The summed E-state index contributed by atoms with van der Waals surface area (Å²) in [5.41, 5.74) is 1.15. The van der Waals surface area contributed by atoms with E-state index in [1.807, 2.05) is 18.2 Å². The Morgan fingerprint density at radius 3 is 2.50 bits per heavy atom. The summed E-state index contributed by atoms with van der Waals surface area (Å²) in [6, 6.07) is 5.99. The van der Waals surface area contributed by atoms with E-state index in [-0.39, 0.29) is 6.10 Å². The van der Waals surface area contributed by atoms with E-state index in [9.17, 15) is 5.11 Å². The maximum absolute atomic E-state index is 10.1. The lowest BCUT2D eigenvalue weighted by atomic mass is 10.0. The Morgan fingerprint density at radius 2 is 1.85 bits per heavy atom. The summed E-state index contributed by atoms with van der Waals surface area (Å²) in [6.45, 7) is 2.23. The number of aliphatic hydroxyl groups excluding tert-OH is 1. The predicted molar refractivity (Wildman–Crippen MR) is 88.4 cm³/mol. The normalized spacial score (nSPS) is 12.4. The zero-order valence-corrected chi connectivity index (χ0v) is 14.3. The van der Waals surface area contributed by atoms with Gasteiger partial charge >= 0.3 is 0 Å². The van der Waals surface area contributed by atoms with E-state index in [0.29, 0.717) is 0 Å². The molecule has 0 saturated heterocycles. The molecule has 1 aromatic rings. The molecule has 0 aliphatic carbocycles. The largest absolute Gasteiger partial charge is 0.496 e. The zero-order chi connectivity index (χ0) is 14.8. The topological polar surface area (TPSA) is 29.5 Å². The summed E-state index contributed by atoms with van der Waals surface area (Å²) in [5.74, 6) is 0.833. The van der Waals surface area contributed by atoms with Crippen molar-refractivity contribution >= 4 is 15.9 Å². The lowest BCUT2D eigenvalue weighted by molar-refractivity contribution is 0.161. The third-order valence-electron chi connectivity index (χ3n) is 3.58. The van der Waals surface area contributed by atoms with Crippen molar-refractivity contribution in [2.45, 2.75) is 64.4 Å². The van der Waals surface area contributed by atoms with E-state index in [1.54, 1.807) is 7.11 Å². The molecule has 1 rings (SSSR count). The van der Waals surface area contributed by atoms with Gasteiger partial charge in [-0.3, -0.25) is 0 Å². The second-order valence-electron chi connectivity index (χ2n) is 5.38. The Morgan fingerprint density at radius 1 is 1.15 bits per heavy atom. The molecule has 0 heterocycles. The summed E-state index contributed by atoms with van der Waals surface area (Å²) < 4.78 is 6.16. The van der Waals surface area contributed by atoms with Crippen molar-refractivity contribution in [2.24, 2.45) is 0 Å². The first-order valence-corrected chi connectivity index (χ1v) is 8.47.